The zero-order valence-electron chi connectivity index (χ0n) is 12.6. The average molecular weight is 311 g/mol. The number of halogens is 1. The topological polar surface area (TPSA) is 41.6 Å². The summed E-state index contributed by atoms with van der Waals surface area (Å²) in [7, 11) is 2.04. The van der Waals surface area contributed by atoms with Gasteiger partial charge in [-0.05, 0) is 32.0 Å². The highest BCUT2D eigenvalue weighted by molar-refractivity contribution is 6.31. The third-order valence-corrected chi connectivity index (χ3v) is 4.12. The van der Waals surface area contributed by atoms with Crippen LogP contribution in [-0.2, 0) is 16.0 Å². The van der Waals surface area contributed by atoms with E-state index in [0.717, 1.165) is 23.7 Å². The van der Waals surface area contributed by atoms with Crippen LogP contribution < -0.4 is 5.32 Å². The SMILES string of the molecule is CCO[C@H]1CN(C)C[C@@H]1NC(=O)CCc1ccccc1Cl. The van der Waals surface area contributed by atoms with Crippen LogP contribution >= 0.6 is 11.6 Å². The van der Waals surface area contributed by atoms with Crippen LogP contribution in [0.4, 0.5) is 0 Å². The van der Waals surface area contributed by atoms with Gasteiger partial charge < -0.3 is 15.0 Å². The van der Waals surface area contributed by atoms with Crippen molar-refractivity contribution in [2.75, 3.05) is 26.7 Å². The van der Waals surface area contributed by atoms with Crippen LogP contribution in [0.3, 0.4) is 0 Å². The molecule has 1 amide bonds. The highest BCUT2D eigenvalue weighted by Crippen LogP contribution is 2.17. The standard InChI is InChI=1S/C16H23ClN2O2/c1-3-21-15-11-19(2)10-14(15)18-16(20)9-8-12-6-4-5-7-13(12)17/h4-7,14-15H,3,8-11H2,1-2H3,(H,18,20)/t14-,15-/m0/s1. The van der Waals surface area contributed by atoms with E-state index in [2.05, 4.69) is 10.2 Å². The molecular formula is C16H23ClN2O2. The predicted octanol–water partition coefficient (Wildman–Crippen LogP) is 2.11. The number of nitrogens with zero attached hydrogens (tertiary/aromatic N) is 1. The van der Waals surface area contributed by atoms with Crippen molar-refractivity contribution < 1.29 is 9.53 Å². The molecular weight excluding hydrogens is 288 g/mol. The lowest BCUT2D eigenvalue weighted by atomic mass is 10.1. The van der Waals surface area contributed by atoms with Crippen LogP contribution in [-0.4, -0.2) is 49.7 Å². The van der Waals surface area contributed by atoms with Crippen molar-refractivity contribution in [3.05, 3.63) is 34.9 Å². The van der Waals surface area contributed by atoms with Gasteiger partial charge in [-0.1, -0.05) is 29.8 Å². The second kappa shape index (κ2) is 7.78. The summed E-state index contributed by atoms with van der Waals surface area (Å²) in [5.74, 6) is 0.0555. The quantitative estimate of drug-likeness (QED) is 0.875. The van der Waals surface area contributed by atoms with Gasteiger partial charge in [0.15, 0.2) is 0 Å². The zero-order chi connectivity index (χ0) is 15.2. The van der Waals surface area contributed by atoms with Gasteiger partial charge in [0, 0.05) is 31.1 Å². The fraction of sp³-hybridized carbons (Fsp3) is 0.562. The lowest BCUT2D eigenvalue weighted by Crippen LogP contribution is -2.44. The summed E-state index contributed by atoms with van der Waals surface area (Å²) in [5, 5.41) is 3.81. The van der Waals surface area contributed by atoms with Crippen molar-refractivity contribution in [3.63, 3.8) is 0 Å². The Hall–Kier alpha value is -1.10. The van der Waals surface area contributed by atoms with Crippen molar-refractivity contribution in [2.45, 2.75) is 31.9 Å². The molecule has 1 aliphatic rings. The van der Waals surface area contributed by atoms with E-state index in [0.29, 0.717) is 19.4 Å². The third kappa shape index (κ3) is 4.70. The number of amides is 1. The lowest BCUT2D eigenvalue weighted by molar-refractivity contribution is -0.122. The van der Waals surface area contributed by atoms with E-state index in [4.69, 9.17) is 16.3 Å². The Kier molecular flexibility index (Phi) is 6.03. The number of likely N-dealkylation sites (tertiary alicyclic amines) is 1. The first kappa shape index (κ1) is 16.3. The number of hydrogen-bond acceptors (Lipinski definition) is 3. The molecule has 0 bridgehead atoms. The second-order valence-electron chi connectivity index (χ2n) is 5.48. The molecule has 0 aromatic heterocycles. The minimum absolute atomic E-state index is 0.0555. The van der Waals surface area contributed by atoms with Gasteiger partial charge in [0.25, 0.3) is 0 Å². The third-order valence-electron chi connectivity index (χ3n) is 3.76. The number of rotatable bonds is 6. The lowest BCUT2D eigenvalue weighted by Gasteiger charge is -2.19. The van der Waals surface area contributed by atoms with Crippen molar-refractivity contribution in [1.82, 2.24) is 10.2 Å². The fourth-order valence-corrected chi connectivity index (χ4v) is 2.94. The second-order valence-corrected chi connectivity index (χ2v) is 5.89. The molecule has 4 nitrogen and oxygen atoms in total. The van der Waals surface area contributed by atoms with Crippen LogP contribution in [0.2, 0.25) is 5.02 Å². The van der Waals surface area contributed by atoms with Crippen molar-refractivity contribution >= 4 is 17.5 Å². The fourth-order valence-electron chi connectivity index (χ4n) is 2.71. The molecule has 0 spiro atoms. The van der Waals surface area contributed by atoms with Gasteiger partial charge in [-0.15, -0.1) is 0 Å². The van der Waals surface area contributed by atoms with Gasteiger partial charge in [0.05, 0.1) is 12.1 Å². The van der Waals surface area contributed by atoms with Gasteiger partial charge >= 0.3 is 0 Å². The summed E-state index contributed by atoms with van der Waals surface area (Å²) in [4.78, 5) is 14.3. The minimum atomic E-state index is 0.0555. The molecule has 2 rings (SSSR count). The smallest absolute Gasteiger partial charge is 0.220 e. The Labute approximate surface area is 131 Å². The van der Waals surface area contributed by atoms with E-state index in [-0.39, 0.29) is 18.1 Å². The highest BCUT2D eigenvalue weighted by atomic mass is 35.5. The van der Waals surface area contributed by atoms with E-state index in [1.165, 1.54) is 0 Å². The highest BCUT2D eigenvalue weighted by Gasteiger charge is 2.32. The molecule has 0 saturated carbocycles. The van der Waals surface area contributed by atoms with E-state index in [1.807, 2.05) is 38.2 Å². The van der Waals surface area contributed by atoms with Crippen molar-refractivity contribution in [2.24, 2.45) is 0 Å². The zero-order valence-corrected chi connectivity index (χ0v) is 13.4. The molecule has 0 unspecified atom stereocenters. The molecule has 1 N–H and O–H groups in total. The number of nitrogens with one attached hydrogen (secondary N) is 1. The first-order valence-electron chi connectivity index (χ1n) is 7.43. The molecule has 1 saturated heterocycles. The monoisotopic (exact) mass is 310 g/mol. The first-order chi connectivity index (χ1) is 10.1. The Morgan fingerprint density at radius 2 is 2.19 bits per heavy atom. The number of ether oxygens (including phenoxy) is 1. The molecule has 116 valence electrons. The molecule has 1 aliphatic heterocycles. The van der Waals surface area contributed by atoms with Crippen LogP contribution in [0.1, 0.15) is 18.9 Å². The molecule has 0 radical (unpaired) electrons. The Balaban J connectivity index is 1.83. The summed E-state index contributed by atoms with van der Waals surface area (Å²) >= 11 is 6.10. The Morgan fingerprint density at radius 1 is 1.43 bits per heavy atom. The van der Waals surface area contributed by atoms with Gasteiger partial charge in [-0.25, -0.2) is 0 Å². The number of likely N-dealkylation sites (N-methyl/N-ethyl adjacent to an activating group) is 1. The van der Waals surface area contributed by atoms with Crippen molar-refractivity contribution in [1.29, 1.82) is 0 Å². The predicted molar refractivity (Wildman–Crippen MR) is 84.6 cm³/mol. The molecule has 2 atom stereocenters. The summed E-state index contributed by atoms with van der Waals surface area (Å²) in [5.41, 5.74) is 1.01. The van der Waals surface area contributed by atoms with Crippen LogP contribution in [0.5, 0.6) is 0 Å². The maximum atomic E-state index is 12.1. The number of benzene rings is 1. The van der Waals surface area contributed by atoms with E-state index >= 15 is 0 Å². The van der Waals surface area contributed by atoms with Crippen LogP contribution in [0.15, 0.2) is 24.3 Å². The Bertz CT molecular complexity index is 481. The maximum Gasteiger partial charge on any atom is 0.220 e. The van der Waals surface area contributed by atoms with E-state index in [9.17, 15) is 4.79 Å². The Morgan fingerprint density at radius 3 is 2.90 bits per heavy atom. The van der Waals surface area contributed by atoms with Crippen LogP contribution in [0, 0.1) is 0 Å². The molecule has 5 heteroatoms. The average Bonchev–Trinajstić information content (AvgIpc) is 2.78. The van der Waals surface area contributed by atoms with Crippen molar-refractivity contribution in [3.8, 4) is 0 Å². The molecule has 1 fully saturated rings. The number of aryl methyl sites for hydroxylation is 1. The molecule has 1 aromatic carbocycles. The summed E-state index contributed by atoms with van der Waals surface area (Å²) in [6.45, 7) is 4.35. The molecule has 21 heavy (non-hydrogen) atoms. The molecule has 0 aliphatic carbocycles. The molecule has 1 heterocycles. The minimum Gasteiger partial charge on any atom is -0.375 e. The first-order valence-corrected chi connectivity index (χ1v) is 7.81. The van der Waals surface area contributed by atoms with Gasteiger partial charge in [0.1, 0.15) is 0 Å². The van der Waals surface area contributed by atoms with E-state index < -0.39 is 0 Å². The summed E-state index contributed by atoms with van der Waals surface area (Å²) in [6, 6.07) is 7.73. The summed E-state index contributed by atoms with van der Waals surface area (Å²) < 4.78 is 5.69. The van der Waals surface area contributed by atoms with E-state index in [1.54, 1.807) is 0 Å². The number of hydrogen-bond donors (Lipinski definition) is 1. The summed E-state index contributed by atoms with van der Waals surface area (Å²) in [6.07, 6.45) is 1.19. The largest absolute Gasteiger partial charge is 0.375 e. The van der Waals surface area contributed by atoms with Gasteiger partial charge in [-0.2, -0.15) is 0 Å². The van der Waals surface area contributed by atoms with Gasteiger partial charge in [0.2, 0.25) is 5.91 Å². The molecule has 1 aromatic rings. The number of carbonyl (C=O) groups excluding carboxylic acids is 1. The van der Waals surface area contributed by atoms with Gasteiger partial charge in [-0.3, -0.25) is 4.79 Å². The maximum absolute atomic E-state index is 12.1. The normalized spacial score (nSPS) is 22.4. The van der Waals surface area contributed by atoms with Crippen LogP contribution in [0.25, 0.3) is 0 Å². The number of carbonyl (C=O) groups is 1.